The van der Waals surface area contributed by atoms with E-state index >= 15 is 0 Å². The maximum atomic E-state index is 12.1. The van der Waals surface area contributed by atoms with Gasteiger partial charge in [-0.15, -0.1) is 0 Å². The predicted molar refractivity (Wildman–Crippen MR) is 93.3 cm³/mol. The Morgan fingerprint density at radius 3 is 2.60 bits per heavy atom. The van der Waals surface area contributed by atoms with Gasteiger partial charge in [0.05, 0.1) is 0 Å². The van der Waals surface area contributed by atoms with E-state index in [4.69, 9.17) is 27.7 Å². The third-order valence-electron chi connectivity index (χ3n) is 3.71. The first-order valence-corrected chi connectivity index (χ1v) is 8.25. The second kappa shape index (κ2) is 7.25. The number of nitrogens with zero attached hydrogens (tertiary/aromatic N) is 3. The summed E-state index contributed by atoms with van der Waals surface area (Å²) in [6.07, 6.45) is 1.28. The Bertz CT molecular complexity index is 1010. The summed E-state index contributed by atoms with van der Waals surface area (Å²) in [6, 6.07) is 7.50. The molecule has 0 spiro atoms. The molecule has 0 atom stereocenters. The minimum Gasteiger partial charge on any atom is -0.337 e. The van der Waals surface area contributed by atoms with Crippen LogP contribution >= 0.6 is 23.2 Å². The number of halogens is 2. The van der Waals surface area contributed by atoms with Crippen molar-refractivity contribution in [2.24, 2.45) is 0 Å². The molecule has 0 aliphatic rings. The molecule has 0 fully saturated rings. The van der Waals surface area contributed by atoms with E-state index in [-0.39, 0.29) is 23.2 Å². The highest BCUT2D eigenvalue weighted by atomic mass is 35.5. The molecule has 0 aliphatic heterocycles. The molecular weight excluding hydrogens is 367 g/mol. The van der Waals surface area contributed by atoms with Crippen LogP contribution in [0.4, 0.5) is 0 Å². The van der Waals surface area contributed by atoms with Crippen molar-refractivity contribution in [3.63, 3.8) is 0 Å². The van der Waals surface area contributed by atoms with Crippen molar-refractivity contribution in [3.05, 3.63) is 78.1 Å². The van der Waals surface area contributed by atoms with Gasteiger partial charge in [-0.25, -0.2) is 4.79 Å². The van der Waals surface area contributed by atoms with Crippen molar-refractivity contribution in [2.75, 3.05) is 0 Å². The van der Waals surface area contributed by atoms with Crippen LogP contribution in [0.25, 0.3) is 0 Å². The first-order chi connectivity index (χ1) is 11.9. The molecular formula is C16H14Cl2N4O3. The van der Waals surface area contributed by atoms with E-state index in [0.29, 0.717) is 17.3 Å². The Hall–Kier alpha value is -2.38. The van der Waals surface area contributed by atoms with Crippen LogP contribution in [0.5, 0.6) is 0 Å². The van der Waals surface area contributed by atoms with E-state index in [1.807, 2.05) is 24.3 Å². The van der Waals surface area contributed by atoms with E-state index in [2.05, 4.69) is 15.1 Å². The zero-order valence-corrected chi connectivity index (χ0v) is 14.8. The summed E-state index contributed by atoms with van der Waals surface area (Å²) in [5, 5.41) is 4.59. The number of rotatable bonds is 5. The standard InChI is InChI=1S/C16H14Cl2N4O3/c1-9-14(18)20-16(24)22(15(9)23)8-13-19-12(21-25-13)7-4-10-2-5-11(17)6-3-10/h2-3,5-6H,4,7-8H2,1H3,(H,20,24). The molecule has 0 saturated heterocycles. The number of hydrogen-bond donors (Lipinski definition) is 1. The maximum absolute atomic E-state index is 12.1. The molecule has 1 aromatic carbocycles. The Morgan fingerprint density at radius 2 is 1.88 bits per heavy atom. The summed E-state index contributed by atoms with van der Waals surface area (Å²) in [4.78, 5) is 30.6. The molecule has 0 amide bonds. The van der Waals surface area contributed by atoms with Crippen molar-refractivity contribution in [1.29, 1.82) is 0 Å². The third kappa shape index (κ3) is 4.00. The largest absolute Gasteiger partial charge is 0.337 e. The Morgan fingerprint density at radius 1 is 1.16 bits per heavy atom. The molecule has 9 heteroatoms. The van der Waals surface area contributed by atoms with E-state index in [0.717, 1.165) is 16.6 Å². The van der Waals surface area contributed by atoms with Crippen molar-refractivity contribution in [3.8, 4) is 0 Å². The molecule has 2 aromatic heterocycles. The van der Waals surface area contributed by atoms with Crippen LogP contribution in [0.3, 0.4) is 0 Å². The molecule has 0 bridgehead atoms. The van der Waals surface area contributed by atoms with Gasteiger partial charge in [-0.2, -0.15) is 4.98 Å². The number of aromatic amines is 1. The lowest BCUT2D eigenvalue weighted by molar-refractivity contribution is 0.362. The second-order valence-electron chi connectivity index (χ2n) is 5.49. The molecule has 25 heavy (non-hydrogen) atoms. The summed E-state index contributed by atoms with van der Waals surface area (Å²) < 4.78 is 6.10. The van der Waals surface area contributed by atoms with Gasteiger partial charge in [0, 0.05) is 17.0 Å². The Kier molecular flexibility index (Phi) is 5.06. The van der Waals surface area contributed by atoms with Gasteiger partial charge in [-0.05, 0) is 31.0 Å². The van der Waals surface area contributed by atoms with Gasteiger partial charge in [0.2, 0.25) is 5.89 Å². The molecule has 3 aromatic rings. The third-order valence-corrected chi connectivity index (χ3v) is 4.34. The highest BCUT2D eigenvalue weighted by Gasteiger charge is 2.13. The fourth-order valence-electron chi connectivity index (χ4n) is 2.29. The van der Waals surface area contributed by atoms with Crippen LogP contribution in [0.2, 0.25) is 10.2 Å². The molecule has 130 valence electrons. The molecule has 0 saturated carbocycles. The number of aryl methyl sites for hydroxylation is 2. The van der Waals surface area contributed by atoms with Gasteiger partial charge in [0.15, 0.2) is 5.82 Å². The predicted octanol–water partition coefficient (Wildman–Crippen LogP) is 2.37. The number of H-pyrrole nitrogens is 1. The number of benzene rings is 1. The lowest BCUT2D eigenvalue weighted by Gasteiger charge is -2.03. The van der Waals surface area contributed by atoms with Crippen LogP contribution in [-0.2, 0) is 19.4 Å². The SMILES string of the molecule is Cc1c(Cl)[nH]c(=O)n(Cc2nc(CCc3ccc(Cl)cc3)no2)c1=O. The number of aromatic nitrogens is 4. The zero-order valence-electron chi connectivity index (χ0n) is 13.3. The summed E-state index contributed by atoms with van der Waals surface area (Å²) in [5.41, 5.74) is 0.233. The molecule has 0 unspecified atom stereocenters. The van der Waals surface area contributed by atoms with Crippen LogP contribution in [-0.4, -0.2) is 19.7 Å². The molecule has 1 N–H and O–H groups in total. The lowest BCUT2D eigenvalue weighted by atomic mass is 10.1. The molecule has 0 radical (unpaired) electrons. The maximum Gasteiger partial charge on any atom is 0.329 e. The summed E-state index contributed by atoms with van der Waals surface area (Å²) in [6.45, 7) is 1.42. The van der Waals surface area contributed by atoms with E-state index in [1.165, 1.54) is 6.92 Å². The zero-order chi connectivity index (χ0) is 18.0. The van der Waals surface area contributed by atoms with Crippen molar-refractivity contribution < 1.29 is 4.52 Å². The van der Waals surface area contributed by atoms with Gasteiger partial charge >= 0.3 is 5.69 Å². The van der Waals surface area contributed by atoms with Gasteiger partial charge in [0.25, 0.3) is 5.56 Å². The smallest absolute Gasteiger partial charge is 0.329 e. The first kappa shape index (κ1) is 17.4. The van der Waals surface area contributed by atoms with Gasteiger partial charge in [-0.1, -0.05) is 40.5 Å². The normalized spacial score (nSPS) is 11.0. The molecule has 0 aliphatic carbocycles. The topological polar surface area (TPSA) is 93.8 Å². The average molecular weight is 381 g/mol. The minimum absolute atomic E-state index is 0.0282. The van der Waals surface area contributed by atoms with Crippen LogP contribution in [0.1, 0.15) is 22.8 Å². The highest BCUT2D eigenvalue weighted by molar-refractivity contribution is 6.30. The number of hydrogen-bond acceptors (Lipinski definition) is 5. The average Bonchev–Trinajstić information content (AvgIpc) is 3.04. The molecule has 7 nitrogen and oxygen atoms in total. The van der Waals surface area contributed by atoms with Gasteiger partial charge in [-0.3, -0.25) is 14.3 Å². The lowest BCUT2D eigenvalue weighted by Crippen LogP contribution is -2.37. The van der Waals surface area contributed by atoms with Gasteiger partial charge in [0.1, 0.15) is 11.7 Å². The van der Waals surface area contributed by atoms with Crippen molar-refractivity contribution >= 4 is 23.2 Å². The molecule has 2 heterocycles. The van der Waals surface area contributed by atoms with Crippen molar-refractivity contribution in [1.82, 2.24) is 19.7 Å². The van der Waals surface area contributed by atoms with E-state index in [1.54, 1.807) is 0 Å². The Balaban J connectivity index is 1.72. The fraction of sp³-hybridized carbons (Fsp3) is 0.250. The first-order valence-electron chi connectivity index (χ1n) is 7.49. The molecule has 3 rings (SSSR count). The highest BCUT2D eigenvalue weighted by Crippen LogP contribution is 2.11. The Labute approximate surface area is 152 Å². The summed E-state index contributed by atoms with van der Waals surface area (Å²) >= 11 is 11.6. The summed E-state index contributed by atoms with van der Waals surface area (Å²) in [5.74, 6) is 0.681. The second-order valence-corrected chi connectivity index (χ2v) is 6.31. The van der Waals surface area contributed by atoms with Crippen LogP contribution < -0.4 is 11.2 Å². The number of nitrogens with one attached hydrogen (secondary N) is 1. The van der Waals surface area contributed by atoms with E-state index in [9.17, 15) is 9.59 Å². The minimum atomic E-state index is -0.624. The quantitative estimate of drug-likeness (QED) is 0.685. The van der Waals surface area contributed by atoms with Gasteiger partial charge < -0.3 is 4.52 Å². The van der Waals surface area contributed by atoms with Crippen LogP contribution in [0, 0.1) is 6.92 Å². The van der Waals surface area contributed by atoms with Crippen molar-refractivity contribution in [2.45, 2.75) is 26.3 Å². The van der Waals surface area contributed by atoms with E-state index < -0.39 is 11.2 Å². The fourth-order valence-corrected chi connectivity index (χ4v) is 2.57. The van der Waals surface area contributed by atoms with Crippen LogP contribution in [0.15, 0.2) is 38.4 Å². The summed E-state index contributed by atoms with van der Waals surface area (Å²) in [7, 11) is 0. The monoisotopic (exact) mass is 380 g/mol.